The third-order valence-electron chi connectivity index (χ3n) is 2.62. The molecule has 1 saturated heterocycles. The van der Waals surface area contributed by atoms with Gasteiger partial charge in [-0.25, -0.2) is 4.79 Å². The fraction of sp³-hybridized carbons (Fsp3) is 0.400. The van der Waals surface area contributed by atoms with E-state index in [9.17, 15) is 9.59 Å². The summed E-state index contributed by atoms with van der Waals surface area (Å²) in [6, 6.07) is 2.76. The van der Waals surface area contributed by atoms with Crippen molar-refractivity contribution in [3.8, 4) is 0 Å². The minimum atomic E-state index is -1.00. The predicted octanol–water partition coefficient (Wildman–Crippen LogP) is 0.0330. The predicted molar refractivity (Wildman–Crippen MR) is 54.2 cm³/mol. The van der Waals surface area contributed by atoms with Crippen LogP contribution in [0.1, 0.15) is 16.4 Å². The van der Waals surface area contributed by atoms with Crippen molar-refractivity contribution in [1.82, 2.24) is 9.47 Å². The number of carbonyl (C=O) groups is 1. The average Bonchev–Trinajstić information content (AvgIpc) is 2.14. The van der Waals surface area contributed by atoms with Gasteiger partial charge in [-0.2, -0.15) is 0 Å². The molecule has 1 aliphatic rings. The first kappa shape index (κ1) is 9.92. The molecule has 1 aromatic heterocycles. The molecule has 0 bridgehead atoms. The van der Waals surface area contributed by atoms with Crippen LogP contribution in [0.15, 0.2) is 23.1 Å². The fourth-order valence-corrected chi connectivity index (χ4v) is 1.76. The Morgan fingerprint density at radius 3 is 2.67 bits per heavy atom. The van der Waals surface area contributed by atoms with Crippen LogP contribution < -0.4 is 5.56 Å². The van der Waals surface area contributed by atoms with Gasteiger partial charge in [0.15, 0.2) is 0 Å². The van der Waals surface area contributed by atoms with E-state index in [1.165, 1.54) is 22.9 Å². The second-order valence-electron chi connectivity index (χ2n) is 3.84. The Bertz CT molecular complexity index is 446. The van der Waals surface area contributed by atoms with Gasteiger partial charge in [-0.15, -0.1) is 0 Å². The lowest BCUT2D eigenvalue weighted by molar-refractivity contribution is 0.0694. The van der Waals surface area contributed by atoms with Gasteiger partial charge >= 0.3 is 5.97 Å². The van der Waals surface area contributed by atoms with Crippen molar-refractivity contribution in [2.75, 3.05) is 20.1 Å². The number of hydrogen-bond donors (Lipinski definition) is 1. The van der Waals surface area contributed by atoms with E-state index in [1.807, 2.05) is 7.05 Å². The molecule has 0 radical (unpaired) electrons. The van der Waals surface area contributed by atoms with E-state index in [-0.39, 0.29) is 17.2 Å². The number of aromatic carboxylic acids is 1. The van der Waals surface area contributed by atoms with Crippen molar-refractivity contribution >= 4 is 5.97 Å². The van der Waals surface area contributed by atoms with Crippen LogP contribution in [0.2, 0.25) is 0 Å². The standard InChI is InChI=1S/C10H12N2O3/c1-11-5-8(6-11)12-4-7(10(14)15)2-3-9(12)13/h2-4,8H,5-6H2,1H3,(H,14,15). The molecule has 2 heterocycles. The van der Waals surface area contributed by atoms with E-state index in [1.54, 1.807) is 0 Å². The normalized spacial score (nSPS) is 17.4. The second-order valence-corrected chi connectivity index (χ2v) is 3.84. The van der Waals surface area contributed by atoms with Crippen molar-refractivity contribution < 1.29 is 9.90 Å². The van der Waals surface area contributed by atoms with Crippen molar-refractivity contribution in [3.05, 3.63) is 34.2 Å². The summed E-state index contributed by atoms with van der Waals surface area (Å²) in [4.78, 5) is 24.3. The highest BCUT2D eigenvalue weighted by atomic mass is 16.4. The number of carboxylic acid groups (broad SMARTS) is 1. The van der Waals surface area contributed by atoms with Crippen LogP contribution in [0.3, 0.4) is 0 Å². The molecule has 0 aromatic carbocycles. The van der Waals surface area contributed by atoms with Gasteiger partial charge in [0, 0.05) is 25.4 Å². The lowest BCUT2D eigenvalue weighted by atomic mass is 10.1. The van der Waals surface area contributed by atoms with Crippen molar-refractivity contribution in [3.63, 3.8) is 0 Å². The first-order valence-corrected chi connectivity index (χ1v) is 4.72. The number of aromatic nitrogens is 1. The maximum atomic E-state index is 11.5. The van der Waals surface area contributed by atoms with E-state index in [4.69, 9.17) is 5.11 Å². The largest absolute Gasteiger partial charge is 0.478 e. The van der Waals surface area contributed by atoms with Gasteiger partial charge in [-0.05, 0) is 13.1 Å². The minimum absolute atomic E-state index is 0.113. The molecule has 0 spiro atoms. The highest BCUT2D eigenvalue weighted by molar-refractivity contribution is 5.87. The molecule has 0 amide bonds. The molecule has 1 aliphatic heterocycles. The first-order chi connectivity index (χ1) is 7.08. The Morgan fingerprint density at radius 1 is 1.47 bits per heavy atom. The lowest BCUT2D eigenvalue weighted by Gasteiger charge is -2.37. The van der Waals surface area contributed by atoms with E-state index >= 15 is 0 Å². The summed E-state index contributed by atoms with van der Waals surface area (Å²) in [5.74, 6) is -1.00. The third kappa shape index (κ3) is 1.78. The summed E-state index contributed by atoms with van der Waals surface area (Å²) in [5, 5.41) is 8.80. The molecule has 2 rings (SSSR count). The summed E-state index contributed by atoms with van der Waals surface area (Å²) in [6.07, 6.45) is 1.42. The zero-order valence-electron chi connectivity index (χ0n) is 8.38. The molecule has 5 nitrogen and oxygen atoms in total. The number of carboxylic acids is 1. The Hall–Kier alpha value is -1.62. The molecule has 1 N–H and O–H groups in total. The summed E-state index contributed by atoms with van der Waals surface area (Å²) >= 11 is 0. The van der Waals surface area contributed by atoms with E-state index in [2.05, 4.69) is 4.90 Å². The number of nitrogens with zero attached hydrogens (tertiary/aromatic N) is 2. The van der Waals surface area contributed by atoms with Crippen molar-refractivity contribution in [2.24, 2.45) is 0 Å². The molecule has 5 heteroatoms. The Labute approximate surface area is 86.6 Å². The van der Waals surface area contributed by atoms with Crippen LogP contribution in [0.25, 0.3) is 0 Å². The van der Waals surface area contributed by atoms with E-state index in [0.29, 0.717) is 0 Å². The van der Waals surface area contributed by atoms with Gasteiger partial charge < -0.3 is 14.6 Å². The molecule has 0 unspecified atom stereocenters. The number of pyridine rings is 1. The molecule has 1 aromatic rings. The summed E-state index contributed by atoms with van der Waals surface area (Å²) < 4.78 is 1.50. The maximum absolute atomic E-state index is 11.5. The average molecular weight is 208 g/mol. The van der Waals surface area contributed by atoms with E-state index < -0.39 is 5.97 Å². The highest BCUT2D eigenvalue weighted by Crippen LogP contribution is 2.17. The third-order valence-corrected chi connectivity index (χ3v) is 2.62. The molecular formula is C10H12N2O3. The Kier molecular flexibility index (Phi) is 2.32. The number of rotatable bonds is 2. The molecule has 0 aliphatic carbocycles. The van der Waals surface area contributed by atoms with E-state index in [0.717, 1.165) is 13.1 Å². The summed E-state index contributed by atoms with van der Waals surface area (Å²) in [6.45, 7) is 1.59. The van der Waals surface area contributed by atoms with Crippen LogP contribution in [0.5, 0.6) is 0 Å². The molecule has 0 saturated carbocycles. The minimum Gasteiger partial charge on any atom is -0.478 e. The van der Waals surface area contributed by atoms with Crippen LogP contribution in [0.4, 0.5) is 0 Å². The maximum Gasteiger partial charge on any atom is 0.337 e. The van der Waals surface area contributed by atoms with Crippen LogP contribution >= 0.6 is 0 Å². The Balaban J connectivity index is 2.33. The van der Waals surface area contributed by atoms with Gasteiger partial charge in [0.25, 0.3) is 5.56 Å². The zero-order chi connectivity index (χ0) is 11.0. The van der Waals surface area contributed by atoms with Crippen molar-refractivity contribution in [1.29, 1.82) is 0 Å². The molecule has 1 fully saturated rings. The highest BCUT2D eigenvalue weighted by Gasteiger charge is 2.25. The molecule has 15 heavy (non-hydrogen) atoms. The number of likely N-dealkylation sites (tertiary alicyclic amines) is 1. The van der Waals surface area contributed by atoms with Gasteiger partial charge in [0.1, 0.15) is 0 Å². The number of hydrogen-bond acceptors (Lipinski definition) is 3. The topological polar surface area (TPSA) is 62.5 Å². The quantitative estimate of drug-likeness (QED) is 0.745. The fourth-order valence-electron chi connectivity index (χ4n) is 1.76. The van der Waals surface area contributed by atoms with Gasteiger partial charge in [-0.1, -0.05) is 0 Å². The molecule has 80 valence electrons. The number of likely N-dealkylation sites (N-methyl/N-ethyl adjacent to an activating group) is 1. The van der Waals surface area contributed by atoms with Gasteiger partial charge in [0.2, 0.25) is 0 Å². The van der Waals surface area contributed by atoms with Crippen LogP contribution in [-0.2, 0) is 0 Å². The SMILES string of the molecule is CN1CC(n2cc(C(=O)O)ccc2=O)C1. The summed E-state index contributed by atoms with van der Waals surface area (Å²) in [5.41, 5.74) is 0.0160. The van der Waals surface area contributed by atoms with Crippen LogP contribution in [0, 0.1) is 0 Å². The second kappa shape index (κ2) is 3.51. The van der Waals surface area contributed by atoms with Gasteiger partial charge in [0.05, 0.1) is 11.6 Å². The first-order valence-electron chi connectivity index (χ1n) is 4.72. The van der Waals surface area contributed by atoms with Gasteiger partial charge in [-0.3, -0.25) is 4.79 Å². The molecular weight excluding hydrogens is 196 g/mol. The monoisotopic (exact) mass is 208 g/mol. The Morgan fingerprint density at radius 2 is 2.13 bits per heavy atom. The van der Waals surface area contributed by atoms with Crippen LogP contribution in [-0.4, -0.2) is 40.7 Å². The molecule has 0 atom stereocenters. The smallest absolute Gasteiger partial charge is 0.337 e. The summed E-state index contributed by atoms with van der Waals surface area (Å²) in [7, 11) is 1.96. The zero-order valence-corrected chi connectivity index (χ0v) is 8.38. The lowest BCUT2D eigenvalue weighted by Crippen LogP contribution is -2.47. The van der Waals surface area contributed by atoms with Crippen molar-refractivity contribution in [2.45, 2.75) is 6.04 Å².